The third kappa shape index (κ3) is 4.93. The van der Waals surface area contributed by atoms with Gasteiger partial charge in [-0.15, -0.1) is 6.58 Å². The molecule has 0 heterocycles. The summed E-state index contributed by atoms with van der Waals surface area (Å²) in [7, 11) is 0. The second kappa shape index (κ2) is 7.40. The van der Waals surface area contributed by atoms with Crippen LogP contribution >= 0.6 is 0 Å². The van der Waals surface area contributed by atoms with Crippen molar-refractivity contribution in [1.29, 1.82) is 0 Å². The van der Waals surface area contributed by atoms with Crippen LogP contribution in [-0.2, 0) is 20.9 Å². The van der Waals surface area contributed by atoms with Gasteiger partial charge in [0, 0.05) is 6.42 Å². The van der Waals surface area contributed by atoms with Crippen LogP contribution in [-0.4, -0.2) is 23.0 Å². The van der Waals surface area contributed by atoms with Gasteiger partial charge in [0.25, 0.3) is 0 Å². The van der Waals surface area contributed by atoms with Crippen molar-refractivity contribution >= 4 is 11.8 Å². The first-order chi connectivity index (χ1) is 8.63. The summed E-state index contributed by atoms with van der Waals surface area (Å²) in [5.41, 5.74) is 0.810. The zero-order chi connectivity index (χ0) is 13.4. The van der Waals surface area contributed by atoms with Gasteiger partial charge in [-0.1, -0.05) is 36.4 Å². The summed E-state index contributed by atoms with van der Waals surface area (Å²) in [6.07, 6.45) is 0.657. The van der Waals surface area contributed by atoms with Gasteiger partial charge in [0.2, 0.25) is 5.78 Å². The number of Topliss-reactive ketones (excluding diaryl/α,β-unsaturated/α-hetero) is 1. The molecule has 0 aliphatic heterocycles. The van der Waals surface area contributed by atoms with E-state index in [-0.39, 0.29) is 19.4 Å². The molecule has 1 aromatic rings. The van der Waals surface area contributed by atoms with E-state index in [1.807, 2.05) is 18.2 Å². The number of aliphatic hydroxyl groups is 1. The summed E-state index contributed by atoms with van der Waals surface area (Å²) in [4.78, 5) is 22.7. The van der Waals surface area contributed by atoms with E-state index in [0.717, 1.165) is 5.56 Å². The number of benzene rings is 1. The molecule has 0 aromatic heterocycles. The summed E-state index contributed by atoms with van der Waals surface area (Å²) in [6, 6.07) is 9.08. The Kier molecular flexibility index (Phi) is 5.80. The number of ether oxygens (including phenoxy) is 1. The average molecular weight is 248 g/mol. The predicted molar refractivity (Wildman–Crippen MR) is 66.7 cm³/mol. The first kappa shape index (κ1) is 14.1. The average Bonchev–Trinajstić information content (AvgIpc) is 2.37. The van der Waals surface area contributed by atoms with E-state index < -0.39 is 17.9 Å². The highest BCUT2D eigenvalue weighted by Gasteiger charge is 2.18. The van der Waals surface area contributed by atoms with E-state index in [1.165, 1.54) is 6.08 Å². The van der Waals surface area contributed by atoms with Gasteiger partial charge in [-0.05, 0) is 12.0 Å². The highest BCUT2D eigenvalue weighted by molar-refractivity contribution is 6.33. The number of carbonyl (C=O) groups is 2. The van der Waals surface area contributed by atoms with E-state index in [2.05, 4.69) is 6.58 Å². The van der Waals surface area contributed by atoms with Gasteiger partial charge >= 0.3 is 5.97 Å². The van der Waals surface area contributed by atoms with Crippen LogP contribution in [0.15, 0.2) is 43.0 Å². The second-order valence-electron chi connectivity index (χ2n) is 3.87. The monoisotopic (exact) mass is 248 g/mol. The number of esters is 1. The number of ketones is 1. The van der Waals surface area contributed by atoms with Crippen LogP contribution in [0.3, 0.4) is 0 Å². The van der Waals surface area contributed by atoms with Gasteiger partial charge in [0.05, 0.1) is 6.10 Å². The number of aliphatic hydroxyl groups excluding tert-OH is 1. The smallest absolute Gasteiger partial charge is 0.375 e. The Morgan fingerprint density at radius 3 is 2.61 bits per heavy atom. The largest absolute Gasteiger partial charge is 0.455 e. The van der Waals surface area contributed by atoms with Crippen LogP contribution in [0.2, 0.25) is 0 Å². The van der Waals surface area contributed by atoms with Crippen molar-refractivity contribution in [3.8, 4) is 0 Å². The van der Waals surface area contributed by atoms with Crippen molar-refractivity contribution < 1.29 is 19.4 Å². The number of rotatable bonds is 7. The van der Waals surface area contributed by atoms with Crippen molar-refractivity contribution in [2.45, 2.75) is 25.6 Å². The molecular weight excluding hydrogens is 232 g/mol. The minimum Gasteiger partial charge on any atom is -0.455 e. The van der Waals surface area contributed by atoms with Crippen LogP contribution in [0.25, 0.3) is 0 Å². The number of carbonyl (C=O) groups excluding carboxylic acids is 2. The Bertz CT molecular complexity index is 411. The third-order valence-corrected chi connectivity index (χ3v) is 2.30. The third-order valence-electron chi connectivity index (χ3n) is 2.30. The lowest BCUT2D eigenvalue weighted by atomic mass is 10.1. The van der Waals surface area contributed by atoms with E-state index in [1.54, 1.807) is 12.1 Å². The van der Waals surface area contributed by atoms with E-state index in [9.17, 15) is 14.7 Å². The summed E-state index contributed by atoms with van der Waals surface area (Å²) in [6.45, 7) is 3.50. The Labute approximate surface area is 106 Å². The minimum absolute atomic E-state index is 0.0585. The van der Waals surface area contributed by atoms with Crippen molar-refractivity contribution in [2.24, 2.45) is 0 Å². The van der Waals surface area contributed by atoms with Gasteiger partial charge in [0.15, 0.2) is 0 Å². The van der Waals surface area contributed by atoms with Crippen molar-refractivity contribution in [2.75, 3.05) is 0 Å². The molecule has 0 unspecified atom stereocenters. The fourth-order valence-corrected chi connectivity index (χ4v) is 1.38. The minimum atomic E-state index is -0.915. The quantitative estimate of drug-likeness (QED) is 0.452. The zero-order valence-electron chi connectivity index (χ0n) is 10.0. The van der Waals surface area contributed by atoms with Crippen LogP contribution in [0, 0.1) is 0 Å². The molecule has 1 aromatic carbocycles. The van der Waals surface area contributed by atoms with Crippen molar-refractivity contribution in [1.82, 2.24) is 0 Å². The zero-order valence-corrected chi connectivity index (χ0v) is 10.0. The Morgan fingerprint density at radius 1 is 1.33 bits per heavy atom. The number of hydrogen-bond acceptors (Lipinski definition) is 4. The number of hydrogen-bond donors (Lipinski definition) is 1. The van der Waals surface area contributed by atoms with Gasteiger partial charge in [0.1, 0.15) is 6.61 Å². The Balaban J connectivity index is 2.36. The molecule has 0 radical (unpaired) electrons. The molecule has 0 aliphatic carbocycles. The lowest BCUT2D eigenvalue weighted by Gasteiger charge is -2.07. The SMILES string of the molecule is C=CC[C@@H](O)CC(=O)C(=O)OCc1ccccc1. The fourth-order valence-electron chi connectivity index (χ4n) is 1.38. The van der Waals surface area contributed by atoms with Crippen LogP contribution in [0.5, 0.6) is 0 Å². The molecule has 4 heteroatoms. The molecular formula is C14H16O4. The summed E-state index contributed by atoms with van der Waals surface area (Å²) < 4.78 is 4.84. The molecule has 96 valence electrons. The van der Waals surface area contributed by atoms with Crippen LogP contribution in [0.4, 0.5) is 0 Å². The Morgan fingerprint density at radius 2 is 2.00 bits per heavy atom. The first-order valence-electron chi connectivity index (χ1n) is 5.66. The van der Waals surface area contributed by atoms with Gasteiger partial charge in [-0.2, -0.15) is 0 Å². The molecule has 1 atom stereocenters. The second-order valence-corrected chi connectivity index (χ2v) is 3.87. The normalized spacial score (nSPS) is 11.6. The highest BCUT2D eigenvalue weighted by Crippen LogP contribution is 2.04. The van der Waals surface area contributed by atoms with Gasteiger partial charge in [-0.25, -0.2) is 4.79 Å². The maximum absolute atomic E-state index is 11.4. The molecule has 0 bridgehead atoms. The molecule has 4 nitrogen and oxygen atoms in total. The lowest BCUT2D eigenvalue weighted by molar-refractivity contribution is -0.155. The van der Waals surface area contributed by atoms with E-state index in [4.69, 9.17) is 4.74 Å². The molecule has 1 N–H and O–H groups in total. The van der Waals surface area contributed by atoms with Gasteiger partial charge in [-0.3, -0.25) is 4.79 Å². The van der Waals surface area contributed by atoms with E-state index >= 15 is 0 Å². The topological polar surface area (TPSA) is 63.6 Å². The first-order valence-corrected chi connectivity index (χ1v) is 5.66. The maximum Gasteiger partial charge on any atom is 0.375 e. The van der Waals surface area contributed by atoms with Gasteiger partial charge < -0.3 is 9.84 Å². The van der Waals surface area contributed by atoms with Crippen LogP contribution < -0.4 is 0 Å². The van der Waals surface area contributed by atoms with Crippen molar-refractivity contribution in [3.05, 3.63) is 48.6 Å². The molecule has 0 aliphatic rings. The summed E-state index contributed by atoms with van der Waals surface area (Å²) >= 11 is 0. The predicted octanol–water partition coefficient (Wildman–Crippen LogP) is 1.63. The molecule has 18 heavy (non-hydrogen) atoms. The molecule has 1 rings (SSSR count). The molecule has 0 spiro atoms. The van der Waals surface area contributed by atoms with E-state index in [0.29, 0.717) is 0 Å². The van der Waals surface area contributed by atoms with Crippen LogP contribution in [0.1, 0.15) is 18.4 Å². The molecule has 0 amide bonds. The fraction of sp³-hybridized carbons (Fsp3) is 0.286. The molecule has 0 saturated heterocycles. The highest BCUT2D eigenvalue weighted by atomic mass is 16.5. The molecule has 0 fully saturated rings. The lowest BCUT2D eigenvalue weighted by Crippen LogP contribution is -2.22. The van der Waals surface area contributed by atoms with Crippen molar-refractivity contribution in [3.63, 3.8) is 0 Å². The Hall–Kier alpha value is -1.94. The molecule has 0 saturated carbocycles. The summed E-state index contributed by atoms with van der Waals surface area (Å²) in [5, 5.41) is 9.35. The summed E-state index contributed by atoms with van der Waals surface area (Å²) in [5.74, 6) is -1.64. The standard InChI is InChI=1S/C14H16O4/c1-2-6-12(15)9-13(16)14(17)18-10-11-7-4-3-5-8-11/h2-5,7-8,12,15H,1,6,9-10H2/t12-/m1/s1. The maximum atomic E-state index is 11.4.